The molecule has 120 valence electrons. The Morgan fingerprint density at radius 1 is 0.739 bits per heavy atom. The van der Waals surface area contributed by atoms with Gasteiger partial charge >= 0.3 is 0 Å². The fraction of sp³-hybridized carbons (Fsp3) is 0.0667. The Kier molecular flexibility index (Phi) is 5.05. The molecule has 0 heterocycles. The van der Waals surface area contributed by atoms with E-state index in [1.54, 1.807) is 24.3 Å². The van der Waals surface area contributed by atoms with Crippen molar-refractivity contribution in [2.24, 2.45) is 10.2 Å². The second-order valence-electron chi connectivity index (χ2n) is 4.25. The lowest BCUT2D eigenvalue weighted by atomic mass is 10.2. The van der Waals surface area contributed by atoms with Gasteiger partial charge in [-0.2, -0.15) is 10.2 Å². The van der Waals surface area contributed by atoms with Gasteiger partial charge in [0.05, 0.1) is 25.1 Å². The number of benzene rings is 2. The molecule has 0 fully saturated rings. The zero-order valence-electron chi connectivity index (χ0n) is 11.7. The zero-order valence-corrected chi connectivity index (χ0v) is 11.7. The van der Waals surface area contributed by atoms with E-state index in [0.717, 1.165) is 0 Å². The molecule has 2 rings (SSSR count). The Bertz CT molecular complexity index is 743. The van der Waals surface area contributed by atoms with Gasteiger partial charge in [0.2, 0.25) is 5.82 Å². The molecule has 0 aliphatic heterocycles. The average molecular weight is 328 g/mol. The van der Waals surface area contributed by atoms with Crippen LogP contribution in [0.25, 0.3) is 0 Å². The van der Waals surface area contributed by atoms with E-state index in [0.29, 0.717) is 17.5 Å². The Morgan fingerprint density at radius 3 is 1.74 bits per heavy atom. The molecule has 0 unspecified atom stereocenters. The number of hydrogen-bond acceptors (Lipinski definition) is 3. The molecule has 0 saturated heterocycles. The Hall–Kier alpha value is -2.77. The lowest BCUT2D eigenvalue weighted by molar-refractivity contribution is 0.377. The highest BCUT2D eigenvalue weighted by molar-refractivity contribution is 5.83. The van der Waals surface area contributed by atoms with E-state index >= 15 is 0 Å². The molecule has 2 aromatic carbocycles. The van der Waals surface area contributed by atoms with Crippen molar-refractivity contribution in [2.45, 2.75) is 0 Å². The summed E-state index contributed by atoms with van der Waals surface area (Å²) in [5.74, 6) is -9.62. The van der Waals surface area contributed by atoms with E-state index in [4.69, 9.17) is 4.74 Å². The number of methoxy groups -OCH3 is 1. The van der Waals surface area contributed by atoms with Gasteiger partial charge in [-0.15, -0.1) is 0 Å². The molecule has 0 aliphatic carbocycles. The van der Waals surface area contributed by atoms with Crippen LogP contribution < -0.4 is 4.74 Å². The average Bonchev–Trinajstić information content (AvgIpc) is 2.58. The highest BCUT2D eigenvalue weighted by Crippen LogP contribution is 2.21. The van der Waals surface area contributed by atoms with Gasteiger partial charge in [-0.05, 0) is 29.8 Å². The molecule has 0 saturated carbocycles. The van der Waals surface area contributed by atoms with Gasteiger partial charge in [-0.3, -0.25) is 0 Å². The van der Waals surface area contributed by atoms with Crippen molar-refractivity contribution in [3.8, 4) is 5.75 Å². The van der Waals surface area contributed by atoms with E-state index in [1.165, 1.54) is 13.3 Å². The highest BCUT2D eigenvalue weighted by Gasteiger charge is 2.24. The predicted octanol–water partition coefficient (Wildman–Crippen LogP) is 3.84. The lowest BCUT2D eigenvalue weighted by Crippen LogP contribution is -2.06. The van der Waals surface area contributed by atoms with Crippen molar-refractivity contribution in [1.82, 2.24) is 0 Å². The zero-order chi connectivity index (χ0) is 17.0. The van der Waals surface area contributed by atoms with Crippen LogP contribution >= 0.6 is 0 Å². The molecule has 0 amide bonds. The highest BCUT2D eigenvalue weighted by atomic mass is 19.2. The van der Waals surface area contributed by atoms with Crippen LogP contribution in [0, 0.1) is 29.1 Å². The van der Waals surface area contributed by atoms with Gasteiger partial charge in [0.25, 0.3) is 0 Å². The molecule has 3 nitrogen and oxygen atoms in total. The first-order valence-electron chi connectivity index (χ1n) is 6.17. The third-order valence-corrected chi connectivity index (χ3v) is 2.82. The Labute approximate surface area is 127 Å². The van der Waals surface area contributed by atoms with Crippen molar-refractivity contribution in [1.29, 1.82) is 0 Å². The van der Waals surface area contributed by atoms with E-state index < -0.39 is 34.6 Å². The quantitative estimate of drug-likeness (QED) is 0.276. The van der Waals surface area contributed by atoms with E-state index in [-0.39, 0.29) is 0 Å². The first kappa shape index (κ1) is 16.6. The third-order valence-electron chi connectivity index (χ3n) is 2.82. The smallest absolute Gasteiger partial charge is 0.200 e. The molecule has 0 aromatic heterocycles. The standard InChI is InChI=1S/C15H9F5N2O/c1-23-9-4-2-8(3-5-9)6-21-22-7-10-11(16)13(18)15(20)14(19)12(10)17/h2-7H,1H3/b21-6+,22-7+. The van der Waals surface area contributed by atoms with Gasteiger partial charge in [-0.1, -0.05) is 0 Å². The molecule has 23 heavy (non-hydrogen) atoms. The number of hydrogen-bond donors (Lipinski definition) is 0. The van der Waals surface area contributed by atoms with E-state index in [9.17, 15) is 22.0 Å². The maximum atomic E-state index is 13.4. The summed E-state index contributed by atoms with van der Waals surface area (Å²) in [6, 6.07) is 6.57. The SMILES string of the molecule is COc1ccc(/C=N/N=C/c2c(F)c(F)c(F)c(F)c2F)cc1. The number of halogens is 5. The molecule has 0 radical (unpaired) electrons. The normalized spacial score (nSPS) is 11.6. The minimum atomic E-state index is -2.22. The molecule has 0 atom stereocenters. The van der Waals surface area contributed by atoms with Crippen molar-refractivity contribution in [3.05, 3.63) is 64.5 Å². The first-order valence-corrected chi connectivity index (χ1v) is 6.17. The second kappa shape index (κ2) is 6.99. The van der Waals surface area contributed by atoms with E-state index in [2.05, 4.69) is 10.2 Å². The van der Waals surface area contributed by atoms with Crippen LogP contribution in [0.3, 0.4) is 0 Å². The summed E-state index contributed by atoms with van der Waals surface area (Å²) < 4.78 is 70.5. The minimum absolute atomic E-state index is 0.455. The maximum Gasteiger partial charge on any atom is 0.200 e. The van der Waals surface area contributed by atoms with Gasteiger partial charge in [0.1, 0.15) is 5.75 Å². The van der Waals surface area contributed by atoms with Crippen LogP contribution in [0.1, 0.15) is 11.1 Å². The topological polar surface area (TPSA) is 34.0 Å². The van der Waals surface area contributed by atoms with Gasteiger partial charge in [-0.25, -0.2) is 22.0 Å². The van der Waals surface area contributed by atoms with Crippen LogP contribution in [-0.4, -0.2) is 19.5 Å². The molecule has 0 spiro atoms. The molecule has 8 heteroatoms. The molecule has 0 N–H and O–H groups in total. The molecular formula is C15H9F5N2O. The van der Waals surface area contributed by atoms with Crippen molar-refractivity contribution < 1.29 is 26.7 Å². The van der Waals surface area contributed by atoms with Crippen molar-refractivity contribution in [2.75, 3.05) is 7.11 Å². The predicted molar refractivity (Wildman–Crippen MR) is 74.4 cm³/mol. The number of rotatable bonds is 4. The van der Waals surface area contributed by atoms with Crippen LogP contribution in [0.4, 0.5) is 22.0 Å². The molecule has 0 aliphatic rings. The third kappa shape index (κ3) is 3.53. The largest absolute Gasteiger partial charge is 0.497 e. The van der Waals surface area contributed by atoms with Crippen LogP contribution in [0.5, 0.6) is 5.75 Å². The van der Waals surface area contributed by atoms with E-state index in [1.807, 2.05) is 0 Å². The maximum absolute atomic E-state index is 13.4. The summed E-state index contributed by atoms with van der Waals surface area (Å²) in [5, 5.41) is 6.78. The summed E-state index contributed by atoms with van der Waals surface area (Å²) >= 11 is 0. The van der Waals surface area contributed by atoms with Gasteiger partial charge in [0.15, 0.2) is 23.3 Å². The summed E-state index contributed by atoms with van der Waals surface area (Å²) in [4.78, 5) is 0. The van der Waals surface area contributed by atoms with Crippen molar-refractivity contribution in [3.63, 3.8) is 0 Å². The van der Waals surface area contributed by atoms with Crippen molar-refractivity contribution >= 4 is 12.4 Å². The van der Waals surface area contributed by atoms with Crippen LogP contribution in [-0.2, 0) is 0 Å². The Balaban J connectivity index is 2.22. The molecular weight excluding hydrogens is 319 g/mol. The summed E-state index contributed by atoms with van der Waals surface area (Å²) in [5.41, 5.74) is -0.561. The van der Waals surface area contributed by atoms with Gasteiger partial charge in [0, 0.05) is 0 Å². The second-order valence-corrected chi connectivity index (χ2v) is 4.25. The summed E-state index contributed by atoms with van der Waals surface area (Å²) in [6.45, 7) is 0. The first-order chi connectivity index (χ1) is 11.0. The lowest BCUT2D eigenvalue weighted by Gasteiger charge is -2.02. The minimum Gasteiger partial charge on any atom is -0.497 e. The summed E-state index contributed by atoms with van der Waals surface area (Å²) in [6.07, 6.45) is 1.69. The fourth-order valence-corrected chi connectivity index (χ4v) is 1.62. The van der Waals surface area contributed by atoms with Crippen LogP contribution in [0.15, 0.2) is 34.5 Å². The number of ether oxygens (including phenoxy) is 1. The summed E-state index contributed by atoms with van der Waals surface area (Å²) in [7, 11) is 1.50. The molecule has 2 aromatic rings. The monoisotopic (exact) mass is 328 g/mol. The molecule has 0 bridgehead atoms. The van der Waals surface area contributed by atoms with Crippen LogP contribution in [0.2, 0.25) is 0 Å². The van der Waals surface area contributed by atoms with Gasteiger partial charge < -0.3 is 4.74 Å². The number of nitrogens with zero attached hydrogens (tertiary/aromatic N) is 2. The fourth-order valence-electron chi connectivity index (χ4n) is 1.62. The Morgan fingerprint density at radius 2 is 1.22 bits per heavy atom.